The Labute approximate surface area is 172 Å². The van der Waals surface area contributed by atoms with Gasteiger partial charge in [0.25, 0.3) is 0 Å². The monoisotopic (exact) mass is 411 g/mol. The van der Waals surface area contributed by atoms with Crippen LogP contribution in [0.2, 0.25) is 5.02 Å². The summed E-state index contributed by atoms with van der Waals surface area (Å²) in [5, 5.41) is 19.7. The van der Waals surface area contributed by atoms with Gasteiger partial charge in [0, 0.05) is 16.4 Å². The molecule has 2 aromatic carbocycles. The molecule has 1 aromatic heterocycles. The zero-order chi connectivity index (χ0) is 20.3. The van der Waals surface area contributed by atoms with E-state index in [4.69, 9.17) is 16.9 Å². The molecule has 3 aromatic rings. The molecular formula is C21H18ClN3O2S. The van der Waals surface area contributed by atoms with Crippen molar-refractivity contribution in [1.29, 1.82) is 5.26 Å². The number of nitrogens with zero attached hydrogens (tertiary/aromatic N) is 3. The lowest BCUT2D eigenvalue weighted by Gasteiger charge is -2.29. The number of nitriles is 1. The summed E-state index contributed by atoms with van der Waals surface area (Å²) in [4.78, 5) is 18.5. The molecule has 1 atom stereocenters. The van der Waals surface area contributed by atoms with Crippen LogP contribution in [0, 0.1) is 18.3 Å². The van der Waals surface area contributed by atoms with Crippen LogP contribution >= 0.6 is 22.9 Å². The van der Waals surface area contributed by atoms with Crippen molar-refractivity contribution in [1.82, 2.24) is 4.98 Å². The van der Waals surface area contributed by atoms with Crippen LogP contribution in [0.3, 0.4) is 0 Å². The van der Waals surface area contributed by atoms with Crippen molar-refractivity contribution in [3.05, 3.63) is 80.8 Å². The number of aromatic carboxylic acids is 1. The van der Waals surface area contributed by atoms with Crippen molar-refractivity contribution in [3.63, 3.8) is 0 Å². The van der Waals surface area contributed by atoms with E-state index < -0.39 is 5.97 Å². The fourth-order valence-electron chi connectivity index (χ4n) is 2.88. The molecule has 0 aliphatic carbocycles. The molecule has 0 aliphatic heterocycles. The Balaban J connectivity index is 1.99. The molecule has 3 rings (SSSR count). The van der Waals surface area contributed by atoms with Crippen LogP contribution in [0.1, 0.15) is 45.0 Å². The highest BCUT2D eigenvalue weighted by atomic mass is 35.5. The molecule has 1 N–H and O–H groups in total. The standard InChI is InChI=1S/C21H18ClN3O2S/c1-13(17-7-3-15(11-23)4-8-17)25(12-16-5-9-18(22)10-6-16)21-24-19(20(26)27)14(2)28-21/h3-10,13H,12H2,1-2H3,(H,26,27). The largest absolute Gasteiger partial charge is 0.476 e. The average Bonchev–Trinajstić information content (AvgIpc) is 3.08. The minimum absolute atomic E-state index is 0.0735. The van der Waals surface area contributed by atoms with Crippen LogP contribution in [0.4, 0.5) is 5.13 Å². The summed E-state index contributed by atoms with van der Waals surface area (Å²) in [5.41, 5.74) is 2.72. The van der Waals surface area contributed by atoms with Crippen LogP contribution in [0.5, 0.6) is 0 Å². The van der Waals surface area contributed by atoms with Gasteiger partial charge in [-0.1, -0.05) is 35.9 Å². The molecule has 0 saturated heterocycles. The first-order valence-corrected chi connectivity index (χ1v) is 9.80. The van der Waals surface area contributed by atoms with Crippen molar-refractivity contribution >= 4 is 34.0 Å². The Morgan fingerprint density at radius 3 is 2.43 bits per heavy atom. The number of benzene rings is 2. The average molecular weight is 412 g/mol. The summed E-state index contributed by atoms with van der Waals surface area (Å²) >= 11 is 7.36. The van der Waals surface area contributed by atoms with Crippen molar-refractivity contribution in [2.24, 2.45) is 0 Å². The summed E-state index contributed by atoms with van der Waals surface area (Å²) < 4.78 is 0. The molecule has 0 spiro atoms. The number of carbonyl (C=O) groups is 1. The van der Waals surface area contributed by atoms with E-state index in [9.17, 15) is 9.90 Å². The third-order valence-corrected chi connectivity index (χ3v) is 5.75. The fourth-order valence-corrected chi connectivity index (χ4v) is 3.98. The second kappa shape index (κ2) is 8.42. The minimum Gasteiger partial charge on any atom is -0.476 e. The van der Waals surface area contributed by atoms with E-state index in [2.05, 4.69) is 16.0 Å². The van der Waals surface area contributed by atoms with Crippen molar-refractivity contribution in [2.75, 3.05) is 4.90 Å². The maximum Gasteiger partial charge on any atom is 0.355 e. The molecule has 142 valence electrons. The van der Waals surface area contributed by atoms with E-state index >= 15 is 0 Å². The molecular weight excluding hydrogens is 394 g/mol. The highest BCUT2D eigenvalue weighted by molar-refractivity contribution is 7.15. The number of rotatable bonds is 6. The van der Waals surface area contributed by atoms with E-state index in [-0.39, 0.29) is 11.7 Å². The molecule has 0 fully saturated rings. The summed E-state index contributed by atoms with van der Waals surface area (Å²) in [6.07, 6.45) is 0. The van der Waals surface area contributed by atoms with Gasteiger partial charge in [-0.25, -0.2) is 9.78 Å². The van der Waals surface area contributed by atoms with Gasteiger partial charge in [-0.2, -0.15) is 5.26 Å². The van der Waals surface area contributed by atoms with E-state index in [0.29, 0.717) is 27.1 Å². The van der Waals surface area contributed by atoms with Gasteiger partial charge in [0.2, 0.25) is 0 Å². The van der Waals surface area contributed by atoms with E-state index in [1.807, 2.05) is 43.3 Å². The van der Waals surface area contributed by atoms with Crippen LogP contribution in [-0.4, -0.2) is 16.1 Å². The molecule has 7 heteroatoms. The van der Waals surface area contributed by atoms with E-state index in [1.54, 1.807) is 19.1 Å². The number of aromatic nitrogens is 1. The minimum atomic E-state index is -1.03. The highest BCUT2D eigenvalue weighted by Crippen LogP contribution is 2.34. The lowest BCUT2D eigenvalue weighted by Crippen LogP contribution is -2.26. The number of anilines is 1. The second-order valence-corrected chi connectivity index (χ2v) is 7.99. The molecule has 1 heterocycles. The number of carboxylic acid groups (broad SMARTS) is 1. The van der Waals surface area contributed by atoms with Gasteiger partial charge in [-0.15, -0.1) is 11.3 Å². The van der Waals surface area contributed by atoms with E-state index in [0.717, 1.165) is 11.1 Å². The van der Waals surface area contributed by atoms with Gasteiger partial charge < -0.3 is 10.0 Å². The number of aryl methyl sites for hydroxylation is 1. The van der Waals surface area contributed by atoms with Crippen molar-refractivity contribution < 1.29 is 9.90 Å². The lowest BCUT2D eigenvalue weighted by molar-refractivity contribution is 0.0690. The molecule has 5 nitrogen and oxygen atoms in total. The number of halogens is 1. The van der Waals surface area contributed by atoms with Gasteiger partial charge in [0.1, 0.15) is 0 Å². The molecule has 0 saturated carbocycles. The van der Waals surface area contributed by atoms with Crippen LogP contribution in [-0.2, 0) is 6.54 Å². The second-order valence-electron chi connectivity index (χ2n) is 6.37. The Morgan fingerprint density at radius 1 is 1.25 bits per heavy atom. The number of hydrogen-bond donors (Lipinski definition) is 1. The van der Waals surface area contributed by atoms with Crippen molar-refractivity contribution in [2.45, 2.75) is 26.4 Å². The maximum atomic E-state index is 11.4. The molecule has 0 amide bonds. The van der Waals surface area contributed by atoms with Crippen LogP contribution in [0.15, 0.2) is 48.5 Å². The van der Waals surface area contributed by atoms with Crippen molar-refractivity contribution in [3.8, 4) is 6.07 Å². The Hall–Kier alpha value is -2.88. The smallest absolute Gasteiger partial charge is 0.355 e. The predicted octanol–water partition coefficient (Wildman–Crippen LogP) is 5.44. The maximum absolute atomic E-state index is 11.4. The van der Waals surface area contributed by atoms with Gasteiger partial charge in [0.15, 0.2) is 10.8 Å². The Bertz CT molecular complexity index is 1020. The first kappa shape index (κ1) is 19.9. The van der Waals surface area contributed by atoms with Crippen LogP contribution in [0.25, 0.3) is 0 Å². The molecule has 0 aliphatic rings. The van der Waals surface area contributed by atoms with Gasteiger partial charge in [-0.3, -0.25) is 0 Å². The van der Waals surface area contributed by atoms with Gasteiger partial charge in [0.05, 0.1) is 17.7 Å². The lowest BCUT2D eigenvalue weighted by atomic mass is 10.0. The number of hydrogen-bond acceptors (Lipinski definition) is 5. The van der Waals surface area contributed by atoms with E-state index in [1.165, 1.54) is 11.3 Å². The Kier molecular flexibility index (Phi) is 5.98. The zero-order valence-corrected chi connectivity index (χ0v) is 17.0. The zero-order valence-electron chi connectivity index (χ0n) is 15.4. The topological polar surface area (TPSA) is 77.2 Å². The molecule has 0 radical (unpaired) electrons. The summed E-state index contributed by atoms with van der Waals surface area (Å²) in [7, 11) is 0. The first-order valence-electron chi connectivity index (χ1n) is 8.61. The number of carboxylic acids is 1. The van der Waals surface area contributed by atoms with Gasteiger partial charge >= 0.3 is 5.97 Å². The predicted molar refractivity (Wildman–Crippen MR) is 111 cm³/mol. The first-order chi connectivity index (χ1) is 13.4. The number of thiazole rings is 1. The molecule has 28 heavy (non-hydrogen) atoms. The highest BCUT2D eigenvalue weighted by Gasteiger charge is 2.23. The van der Waals surface area contributed by atoms with Crippen LogP contribution < -0.4 is 4.90 Å². The third kappa shape index (κ3) is 4.33. The third-order valence-electron chi connectivity index (χ3n) is 4.49. The summed E-state index contributed by atoms with van der Waals surface area (Å²) in [6, 6.07) is 17.0. The SMILES string of the molecule is Cc1sc(N(Cc2ccc(Cl)cc2)C(C)c2ccc(C#N)cc2)nc1C(=O)O. The summed E-state index contributed by atoms with van der Waals surface area (Å²) in [5.74, 6) is -1.03. The molecule has 1 unspecified atom stereocenters. The molecule has 0 bridgehead atoms. The fraction of sp³-hybridized carbons (Fsp3) is 0.190. The summed E-state index contributed by atoms with van der Waals surface area (Å²) in [6.45, 7) is 4.34. The Morgan fingerprint density at radius 2 is 1.89 bits per heavy atom. The normalized spacial score (nSPS) is 11.6. The van der Waals surface area contributed by atoms with Gasteiger partial charge in [-0.05, 0) is 49.2 Å². The quantitative estimate of drug-likeness (QED) is 0.584.